The number of likely N-dealkylation sites (tertiary alicyclic amines) is 1. The van der Waals surface area contributed by atoms with Crippen LogP contribution in [0.5, 0.6) is 0 Å². The maximum Gasteiger partial charge on any atom is 0.418 e. The molecule has 1 aromatic rings. The number of halogens is 3. The van der Waals surface area contributed by atoms with Crippen molar-refractivity contribution in [1.29, 1.82) is 0 Å². The Bertz CT molecular complexity index is 774. The largest absolute Gasteiger partial charge is 0.480 e. The summed E-state index contributed by atoms with van der Waals surface area (Å²) in [4.78, 5) is 15.7. The van der Waals surface area contributed by atoms with Crippen LogP contribution in [0, 0.1) is 5.41 Å². The zero-order valence-corrected chi connectivity index (χ0v) is 16.9. The van der Waals surface area contributed by atoms with E-state index in [4.69, 9.17) is 4.74 Å². The molecule has 1 spiro atoms. The molecule has 3 heterocycles. The van der Waals surface area contributed by atoms with Crippen LogP contribution in [0.4, 0.5) is 18.9 Å². The van der Waals surface area contributed by atoms with Gasteiger partial charge in [-0.3, -0.25) is 9.69 Å². The van der Waals surface area contributed by atoms with E-state index in [-0.39, 0.29) is 17.6 Å². The molecule has 0 amide bonds. The van der Waals surface area contributed by atoms with Gasteiger partial charge in [-0.2, -0.15) is 13.2 Å². The Morgan fingerprint density at radius 1 is 1.17 bits per heavy atom. The number of piperidine rings is 1. The Kier molecular flexibility index (Phi) is 5.96. The highest BCUT2D eigenvalue weighted by Crippen LogP contribution is 2.45. The van der Waals surface area contributed by atoms with Crippen LogP contribution in [0.25, 0.3) is 0 Å². The van der Waals surface area contributed by atoms with E-state index in [9.17, 15) is 23.1 Å². The van der Waals surface area contributed by atoms with E-state index in [2.05, 4.69) is 5.32 Å². The van der Waals surface area contributed by atoms with Gasteiger partial charge in [-0.05, 0) is 56.6 Å². The van der Waals surface area contributed by atoms with Crippen molar-refractivity contribution < 1.29 is 27.8 Å². The van der Waals surface area contributed by atoms with Gasteiger partial charge in [0.1, 0.15) is 6.04 Å². The Morgan fingerprint density at radius 3 is 2.50 bits per heavy atom. The molecular weight excluding hydrogens is 399 g/mol. The third-order valence-corrected chi connectivity index (χ3v) is 6.78. The standard InChI is InChI=1S/C21H28F3N3O3/c22-21(23,24)16-13-15(1-2-17(16)26-9-11-30-12-10-26)14-27-8-5-20(18(27)19(28)29)3-6-25-7-4-20/h1-2,13,18,25H,3-12,14H2,(H,28,29). The topological polar surface area (TPSA) is 65.0 Å². The Labute approximate surface area is 174 Å². The zero-order chi connectivity index (χ0) is 21.4. The molecule has 2 N–H and O–H groups in total. The highest BCUT2D eigenvalue weighted by molar-refractivity contribution is 5.75. The normalized spacial score (nSPS) is 25.0. The minimum Gasteiger partial charge on any atom is -0.480 e. The molecule has 3 fully saturated rings. The number of carbonyl (C=O) groups is 1. The van der Waals surface area contributed by atoms with Crippen LogP contribution in [-0.4, -0.2) is 68.0 Å². The lowest BCUT2D eigenvalue weighted by Crippen LogP contribution is -2.49. The van der Waals surface area contributed by atoms with Crippen LogP contribution in [0.1, 0.15) is 30.4 Å². The van der Waals surface area contributed by atoms with E-state index in [1.165, 1.54) is 12.1 Å². The van der Waals surface area contributed by atoms with E-state index < -0.39 is 23.8 Å². The second kappa shape index (κ2) is 8.36. The molecule has 0 aliphatic carbocycles. The van der Waals surface area contributed by atoms with Crippen LogP contribution in [0.3, 0.4) is 0 Å². The number of aliphatic carboxylic acids is 1. The molecule has 0 bridgehead atoms. The van der Waals surface area contributed by atoms with Gasteiger partial charge in [-0.1, -0.05) is 6.07 Å². The third kappa shape index (κ3) is 4.15. The van der Waals surface area contributed by atoms with Crippen LogP contribution in [-0.2, 0) is 22.3 Å². The molecule has 9 heteroatoms. The summed E-state index contributed by atoms with van der Waals surface area (Å²) in [5.74, 6) is -0.879. The van der Waals surface area contributed by atoms with E-state index in [0.717, 1.165) is 32.4 Å². The number of alkyl halides is 3. The van der Waals surface area contributed by atoms with Gasteiger partial charge in [0, 0.05) is 30.7 Å². The second-order valence-electron chi connectivity index (χ2n) is 8.52. The molecule has 0 radical (unpaired) electrons. The van der Waals surface area contributed by atoms with Crippen molar-refractivity contribution in [3.8, 4) is 0 Å². The van der Waals surface area contributed by atoms with Gasteiger partial charge in [0.05, 0.1) is 18.8 Å². The van der Waals surface area contributed by atoms with E-state index in [1.807, 2.05) is 4.90 Å². The lowest BCUT2D eigenvalue weighted by molar-refractivity contribution is -0.147. The molecule has 30 heavy (non-hydrogen) atoms. The van der Waals surface area contributed by atoms with Gasteiger partial charge >= 0.3 is 12.1 Å². The summed E-state index contributed by atoms with van der Waals surface area (Å²) in [7, 11) is 0. The molecule has 0 saturated carbocycles. The number of hydrogen-bond acceptors (Lipinski definition) is 5. The lowest BCUT2D eigenvalue weighted by Gasteiger charge is -2.39. The lowest BCUT2D eigenvalue weighted by atomic mass is 9.73. The fourth-order valence-corrected chi connectivity index (χ4v) is 5.28. The zero-order valence-electron chi connectivity index (χ0n) is 16.9. The molecular formula is C21H28F3N3O3. The summed E-state index contributed by atoms with van der Waals surface area (Å²) in [6, 6.07) is 3.76. The van der Waals surface area contributed by atoms with E-state index >= 15 is 0 Å². The molecule has 3 aliphatic heterocycles. The highest BCUT2D eigenvalue weighted by atomic mass is 19.4. The number of ether oxygens (including phenoxy) is 1. The number of anilines is 1. The maximum absolute atomic E-state index is 13.8. The fourth-order valence-electron chi connectivity index (χ4n) is 5.28. The number of nitrogens with zero attached hydrogens (tertiary/aromatic N) is 2. The van der Waals surface area contributed by atoms with E-state index in [1.54, 1.807) is 11.0 Å². The number of morpholine rings is 1. The molecule has 3 aliphatic rings. The first kappa shape index (κ1) is 21.4. The first-order valence-electron chi connectivity index (χ1n) is 10.5. The van der Waals surface area contributed by atoms with Crippen LogP contribution in [0.15, 0.2) is 18.2 Å². The van der Waals surface area contributed by atoms with Crippen molar-refractivity contribution in [1.82, 2.24) is 10.2 Å². The maximum atomic E-state index is 13.8. The van der Waals surface area contributed by atoms with Crippen molar-refractivity contribution in [2.75, 3.05) is 50.8 Å². The quantitative estimate of drug-likeness (QED) is 0.770. The highest BCUT2D eigenvalue weighted by Gasteiger charge is 2.51. The van der Waals surface area contributed by atoms with Gasteiger partial charge in [-0.25, -0.2) is 0 Å². The molecule has 3 saturated heterocycles. The predicted octanol–water partition coefficient (Wildman–Crippen LogP) is 2.57. The Hall–Kier alpha value is -1.84. The number of carboxylic acids is 1. The van der Waals surface area contributed by atoms with Gasteiger partial charge in [0.15, 0.2) is 0 Å². The minimum atomic E-state index is -4.48. The van der Waals surface area contributed by atoms with Crippen molar-refractivity contribution >= 4 is 11.7 Å². The van der Waals surface area contributed by atoms with Crippen LogP contribution < -0.4 is 10.2 Å². The molecule has 0 aromatic heterocycles. The molecule has 4 rings (SSSR count). The minimum absolute atomic E-state index is 0.167. The number of nitrogens with one attached hydrogen (secondary N) is 1. The molecule has 1 aromatic carbocycles. The number of rotatable bonds is 4. The number of carboxylic acid groups (broad SMARTS) is 1. The summed E-state index contributed by atoms with van der Waals surface area (Å²) >= 11 is 0. The van der Waals surface area contributed by atoms with Gasteiger partial charge in [0.25, 0.3) is 0 Å². The molecule has 1 atom stereocenters. The second-order valence-corrected chi connectivity index (χ2v) is 8.52. The van der Waals surface area contributed by atoms with Crippen LogP contribution >= 0.6 is 0 Å². The van der Waals surface area contributed by atoms with Gasteiger partial charge in [0.2, 0.25) is 0 Å². The molecule has 166 valence electrons. The summed E-state index contributed by atoms with van der Waals surface area (Å²) < 4.78 is 46.7. The predicted molar refractivity (Wildman–Crippen MR) is 105 cm³/mol. The Balaban J connectivity index is 1.59. The summed E-state index contributed by atoms with van der Waals surface area (Å²) in [5, 5.41) is 13.2. The monoisotopic (exact) mass is 427 g/mol. The smallest absolute Gasteiger partial charge is 0.418 e. The summed E-state index contributed by atoms with van der Waals surface area (Å²) in [5.41, 5.74) is -0.292. The first-order valence-corrected chi connectivity index (χ1v) is 10.5. The summed E-state index contributed by atoms with van der Waals surface area (Å²) in [6.07, 6.45) is -2.14. The fraction of sp³-hybridized carbons (Fsp3) is 0.667. The molecule has 6 nitrogen and oxygen atoms in total. The Morgan fingerprint density at radius 2 is 1.87 bits per heavy atom. The molecule has 1 unspecified atom stereocenters. The van der Waals surface area contributed by atoms with Crippen molar-refractivity contribution in [2.45, 2.75) is 38.0 Å². The van der Waals surface area contributed by atoms with Gasteiger partial charge < -0.3 is 20.1 Å². The number of benzene rings is 1. The number of hydrogen-bond donors (Lipinski definition) is 2. The van der Waals surface area contributed by atoms with Crippen LogP contribution in [0.2, 0.25) is 0 Å². The van der Waals surface area contributed by atoms with Gasteiger partial charge in [-0.15, -0.1) is 0 Å². The average molecular weight is 427 g/mol. The van der Waals surface area contributed by atoms with Crippen molar-refractivity contribution in [2.24, 2.45) is 5.41 Å². The SMILES string of the molecule is O=C(O)C1N(Cc2ccc(N3CCOCC3)c(C(F)(F)F)c2)CCC12CCNCC2. The first-order chi connectivity index (χ1) is 14.3. The third-order valence-electron chi connectivity index (χ3n) is 6.78. The van der Waals surface area contributed by atoms with Crippen molar-refractivity contribution in [3.63, 3.8) is 0 Å². The van der Waals surface area contributed by atoms with E-state index in [0.29, 0.717) is 38.4 Å². The average Bonchev–Trinajstić information content (AvgIpc) is 3.05. The van der Waals surface area contributed by atoms with Crippen molar-refractivity contribution in [3.05, 3.63) is 29.3 Å². The summed E-state index contributed by atoms with van der Waals surface area (Å²) in [6.45, 7) is 4.02.